The number of benzene rings is 2. The number of carbonyl (C=O) groups excluding carboxylic acids is 2. The average Bonchev–Trinajstić information content (AvgIpc) is 3.35. The average molecular weight is 457 g/mol. The van der Waals surface area contributed by atoms with Gasteiger partial charge in [-0.1, -0.05) is 73.7 Å². The molecule has 0 saturated carbocycles. The Kier molecular flexibility index (Phi) is 5.22. The van der Waals surface area contributed by atoms with Gasteiger partial charge in [0, 0.05) is 28.2 Å². The number of ether oxygens (including phenoxy) is 1. The number of anilines is 1. The van der Waals surface area contributed by atoms with Crippen molar-refractivity contribution >= 4 is 28.7 Å². The highest BCUT2D eigenvalue weighted by atomic mass is 32.1. The van der Waals surface area contributed by atoms with E-state index in [0.717, 1.165) is 28.7 Å². The van der Waals surface area contributed by atoms with E-state index in [1.807, 2.05) is 62.4 Å². The SMILES string of the molecule is CC(C)(C(=O)Nc1nncs1)[C@H]1c2ccccc2Oc2nc(-c3ccc(C=O)cc3)ccc21. The predicted octanol–water partition coefficient (Wildman–Crippen LogP) is 5.32. The van der Waals surface area contributed by atoms with Gasteiger partial charge in [0.1, 0.15) is 17.5 Å². The molecule has 2 aromatic heterocycles. The van der Waals surface area contributed by atoms with E-state index in [1.165, 1.54) is 11.3 Å². The minimum absolute atomic E-state index is 0.166. The van der Waals surface area contributed by atoms with Gasteiger partial charge < -0.3 is 10.1 Å². The first kappa shape index (κ1) is 21.0. The van der Waals surface area contributed by atoms with E-state index in [9.17, 15) is 9.59 Å². The number of aldehydes is 1. The summed E-state index contributed by atoms with van der Waals surface area (Å²) in [6.45, 7) is 3.82. The number of hydrogen-bond donors (Lipinski definition) is 1. The van der Waals surface area contributed by atoms with Crippen molar-refractivity contribution in [2.24, 2.45) is 5.41 Å². The Bertz CT molecular complexity index is 1330. The molecular formula is C25H20N4O3S. The quantitative estimate of drug-likeness (QED) is 0.409. The lowest BCUT2D eigenvalue weighted by Gasteiger charge is -2.37. The molecular weight excluding hydrogens is 436 g/mol. The minimum atomic E-state index is -0.838. The summed E-state index contributed by atoms with van der Waals surface area (Å²) < 4.78 is 6.18. The molecule has 164 valence electrons. The molecule has 2 aromatic carbocycles. The summed E-state index contributed by atoms with van der Waals surface area (Å²) in [5.74, 6) is 0.685. The van der Waals surface area contributed by atoms with Gasteiger partial charge in [0.15, 0.2) is 0 Å². The van der Waals surface area contributed by atoms with Gasteiger partial charge in [0.2, 0.25) is 16.9 Å². The maximum absolute atomic E-state index is 13.3. The van der Waals surface area contributed by atoms with Crippen molar-refractivity contribution in [1.82, 2.24) is 15.2 Å². The first-order valence-electron chi connectivity index (χ1n) is 10.4. The lowest BCUT2D eigenvalue weighted by molar-refractivity contribution is -0.124. The summed E-state index contributed by atoms with van der Waals surface area (Å²) in [5, 5.41) is 11.1. The molecule has 0 saturated heterocycles. The monoisotopic (exact) mass is 456 g/mol. The lowest BCUT2D eigenvalue weighted by Crippen LogP contribution is -2.38. The second-order valence-corrected chi connectivity index (χ2v) is 9.16. The fraction of sp³-hybridized carbons (Fsp3) is 0.160. The van der Waals surface area contributed by atoms with Crippen molar-refractivity contribution in [2.75, 3.05) is 5.32 Å². The Hall–Kier alpha value is -3.91. The lowest BCUT2D eigenvalue weighted by atomic mass is 9.69. The van der Waals surface area contributed by atoms with Gasteiger partial charge in [0.05, 0.1) is 11.1 Å². The molecule has 0 unspecified atom stereocenters. The third kappa shape index (κ3) is 3.78. The molecule has 5 rings (SSSR count). The highest BCUT2D eigenvalue weighted by Crippen LogP contribution is 2.51. The van der Waals surface area contributed by atoms with Crippen LogP contribution in [0.2, 0.25) is 0 Å². The van der Waals surface area contributed by atoms with Crippen LogP contribution in [0, 0.1) is 5.41 Å². The van der Waals surface area contributed by atoms with Crippen LogP contribution in [0.5, 0.6) is 11.6 Å². The van der Waals surface area contributed by atoms with Crippen molar-refractivity contribution < 1.29 is 14.3 Å². The number of para-hydroxylation sites is 1. The molecule has 4 aromatic rings. The molecule has 0 bridgehead atoms. The van der Waals surface area contributed by atoms with E-state index < -0.39 is 5.41 Å². The Morgan fingerprint density at radius 2 is 1.85 bits per heavy atom. The van der Waals surface area contributed by atoms with E-state index in [1.54, 1.807) is 17.6 Å². The number of rotatable bonds is 5. The van der Waals surface area contributed by atoms with Crippen LogP contribution in [0.1, 0.15) is 41.3 Å². The third-order valence-electron chi connectivity index (χ3n) is 5.87. The van der Waals surface area contributed by atoms with Gasteiger partial charge >= 0.3 is 0 Å². The molecule has 1 aliphatic heterocycles. The zero-order valence-electron chi connectivity index (χ0n) is 18.0. The van der Waals surface area contributed by atoms with Crippen molar-refractivity contribution in [3.05, 3.63) is 82.9 Å². The van der Waals surface area contributed by atoms with Gasteiger partial charge in [-0.3, -0.25) is 9.59 Å². The Morgan fingerprint density at radius 1 is 1.06 bits per heavy atom. The maximum atomic E-state index is 13.3. The summed E-state index contributed by atoms with van der Waals surface area (Å²) in [6.07, 6.45) is 0.809. The molecule has 0 radical (unpaired) electrons. The number of pyridine rings is 1. The smallest absolute Gasteiger partial charge is 0.232 e. The molecule has 0 fully saturated rings. The first-order chi connectivity index (χ1) is 16.0. The van der Waals surface area contributed by atoms with Crippen LogP contribution in [-0.2, 0) is 4.79 Å². The molecule has 1 amide bonds. The van der Waals surface area contributed by atoms with E-state index in [4.69, 9.17) is 9.72 Å². The van der Waals surface area contributed by atoms with Crippen molar-refractivity contribution in [3.8, 4) is 22.9 Å². The van der Waals surface area contributed by atoms with Crippen LogP contribution in [0.3, 0.4) is 0 Å². The molecule has 0 aliphatic carbocycles. The number of carbonyl (C=O) groups is 2. The van der Waals surface area contributed by atoms with Crippen molar-refractivity contribution in [1.29, 1.82) is 0 Å². The molecule has 0 spiro atoms. The van der Waals surface area contributed by atoms with Gasteiger partial charge in [-0.2, -0.15) is 0 Å². The Labute approximate surface area is 194 Å². The number of nitrogens with one attached hydrogen (secondary N) is 1. The van der Waals surface area contributed by atoms with Crippen LogP contribution >= 0.6 is 11.3 Å². The molecule has 3 heterocycles. The van der Waals surface area contributed by atoms with Crippen LogP contribution < -0.4 is 10.1 Å². The second-order valence-electron chi connectivity index (χ2n) is 8.32. The van der Waals surface area contributed by atoms with Gasteiger partial charge in [0.25, 0.3) is 0 Å². The Balaban J connectivity index is 1.57. The fourth-order valence-electron chi connectivity index (χ4n) is 4.12. The predicted molar refractivity (Wildman–Crippen MR) is 126 cm³/mol. The van der Waals surface area contributed by atoms with Crippen LogP contribution in [0.15, 0.2) is 66.2 Å². The van der Waals surface area contributed by atoms with Crippen LogP contribution in [0.4, 0.5) is 5.13 Å². The van der Waals surface area contributed by atoms with Gasteiger partial charge in [-0.15, -0.1) is 10.2 Å². The Morgan fingerprint density at radius 3 is 2.58 bits per heavy atom. The largest absolute Gasteiger partial charge is 0.438 e. The molecule has 8 heteroatoms. The fourth-order valence-corrected chi connectivity index (χ4v) is 4.56. The third-order valence-corrected chi connectivity index (χ3v) is 6.47. The number of aromatic nitrogens is 3. The first-order valence-corrected chi connectivity index (χ1v) is 11.3. The number of amides is 1. The van der Waals surface area contributed by atoms with Crippen molar-refractivity contribution in [3.63, 3.8) is 0 Å². The molecule has 1 atom stereocenters. The summed E-state index contributed by atoms with van der Waals surface area (Å²) in [5.41, 5.74) is 4.69. The number of fused-ring (bicyclic) bond motifs is 2. The van der Waals surface area contributed by atoms with E-state index >= 15 is 0 Å². The normalized spacial score (nSPS) is 14.5. The summed E-state index contributed by atoms with van der Waals surface area (Å²) in [6, 6.07) is 18.8. The number of hydrogen-bond acceptors (Lipinski definition) is 7. The van der Waals surface area contributed by atoms with Crippen LogP contribution in [0.25, 0.3) is 11.3 Å². The second kappa shape index (κ2) is 8.22. The van der Waals surface area contributed by atoms with Crippen molar-refractivity contribution in [2.45, 2.75) is 19.8 Å². The molecule has 1 aliphatic rings. The molecule has 7 nitrogen and oxygen atoms in total. The minimum Gasteiger partial charge on any atom is -0.438 e. The van der Waals surface area contributed by atoms with E-state index in [2.05, 4.69) is 15.5 Å². The zero-order valence-corrected chi connectivity index (χ0v) is 18.8. The highest BCUT2D eigenvalue weighted by Gasteiger charge is 2.44. The summed E-state index contributed by atoms with van der Waals surface area (Å²) in [4.78, 5) is 29.1. The topological polar surface area (TPSA) is 94.1 Å². The standard InChI is InChI=1S/C25H20N4O3S/c1-25(2,23(31)28-24-29-26-14-33-24)21-17-5-3-4-6-20(17)32-22-18(21)11-12-19(27-22)16-9-7-15(13-30)8-10-16/h3-14,21H,1-2H3,(H,28,29,31)/t21-/m0/s1. The van der Waals surface area contributed by atoms with E-state index in [-0.39, 0.29) is 11.8 Å². The molecule has 1 N–H and O–H groups in total. The maximum Gasteiger partial charge on any atom is 0.232 e. The number of nitrogens with zero attached hydrogens (tertiary/aromatic N) is 3. The highest BCUT2D eigenvalue weighted by molar-refractivity contribution is 7.13. The summed E-state index contributed by atoms with van der Waals surface area (Å²) in [7, 11) is 0. The van der Waals surface area contributed by atoms with E-state index in [0.29, 0.717) is 22.3 Å². The van der Waals surface area contributed by atoms with Crippen LogP contribution in [-0.4, -0.2) is 27.4 Å². The summed E-state index contributed by atoms with van der Waals surface area (Å²) >= 11 is 1.27. The van der Waals surface area contributed by atoms with Gasteiger partial charge in [-0.25, -0.2) is 4.98 Å². The van der Waals surface area contributed by atoms with Gasteiger partial charge in [-0.05, 0) is 12.1 Å². The zero-order chi connectivity index (χ0) is 23.0. The molecule has 33 heavy (non-hydrogen) atoms.